The van der Waals surface area contributed by atoms with Gasteiger partial charge in [-0.3, -0.25) is 9.69 Å². The lowest BCUT2D eigenvalue weighted by atomic mass is 10.1. The fourth-order valence-corrected chi connectivity index (χ4v) is 2.64. The molecule has 0 radical (unpaired) electrons. The van der Waals surface area contributed by atoms with Crippen molar-refractivity contribution in [3.63, 3.8) is 0 Å². The second-order valence-corrected chi connectivity index (χ2v) is 5.05. The summed E-state index contributed by atoms with van der Waals surface area (Å²) < 4.78 is 13.3. The smallest absolute Gasteiger partial charge is 0.245 e. The van der Waals surface area contributed by atoms with Gasteiger partial charge >= 0.3 is 0 Å². The minimum Gasteiger partial charge on any atom is -0.318 e. The molecule has 2 rings (SSSR count). The third-order valence-corrected chi connectivity index (χ3v) is 3.53. The predicted molar refractivity (Wildman–Crippen MR) is 73.7 cm³/mol. The van der Waals surface area contributed by atoms with Gasteiger partial charge < -0.3 is 10.2 Å². The first-order chi connectivity index (χ1) is 9.04. The zero-order valence-corrected chi connectivity index (χ0v) is 11.6. The van der Waals surface area contributed by atoms with Crippen LogP contribution in [0.2, 0.25) is 0 Å². The summed E-state index contributed by atoms with van der Waals surface area (Å²) in [6.07, 6.45) is 0. The van der Waals surface area contributed by atoms with E-state index in [0.29, 0.717) is 12.2 Å². The molecule has 1 aromatic rings. The van der Waals surface area contributed by atoms with Crippen molar-refractivity contribution >= 4 is 11.6 Å². The molecule has 5 heteroatoms. The average Bonchev–Trinajstić information content (AvgIpc) is 2.34. The molecular weight excluding hydrogens is 245 g/mol. The van der Waals surface area contributed by atoms with Crippen molar-refractivity contribution in [3.05, 3.63) is 30.1 Å². The van der Waals surface area contributed by atoms with Gasteiger partial charge in [-0.2, -0.15) is 0 Å². The van der Waals surface area contributed by atoms with E-state index in [1.54, 1.807) is 17.0 Å². The highest BCUT2D eigenvalue weighted by Crippen LogP contribution is 2.24. The Morgan fingerprint density at radius 3 is 2.84 bits per heavy atom. The Morgan fingerprint density at radius 2 is 2.21 bits per heavy atom. The topological polar surface area (TPSA) is 35.6 Å². The van der Waals surface area contributed by atoms with Crippen LogP contribution in [0.3, 0.4) is 0 Å². The van der Waals surface area contributed by atoms with Crippen molar-refractivity contribution in [1.82, 2.24) is 10.2 Å². The van der Waals surface area contributed by atoms with Crippen LogP contribution in [0.25, 0.3) is 0 Å². The van der Waals surface area contributed by atoms with Crippen molar-refractivity contribution in [3.8, 4) is 0 Å². The number of halogens is 1. The summed E-state index contributed by atoms with van der Waals surface area (Å²) in [7, 11) is 3.77. The maximum absolute atomic E-state index is 13.3. The first-order valence-electron chi connectivity index (χ1n) is 6.48. The Bertz CT molecular complexity index is 466. The molecule has 4 nitrogen and oxygen atoms in total. The summed E-state index contributed by atoms with van der Waals surface area (Å²) in [4.78, 5) is 16.3. The lowest BCUT2D eigenvalue weighted by molar-refractivity contribution is -0.126. The fraction of sp³-hybridized carbons (Fsp3) is 0.500. The van der Waals surface area contributed by atoms with E-state index in [4.69, 9.17) is 0 Å². The number of hydrogen-bond donors (Lipinski definition) is 1. The van der Waals surface area contributed by atoms with Gasteiger partial charge in [0.1, 0.15) is 11.9 Å². The molecule has 0 bridgehead atoms. The molecule has 0 spiro atoms. The van der Waals surface area contributed by atoms with Crippen LogP contribution in [0.15, 0.2) is 24.3 Å². The number of carbonyl (C=O) groups excluding carboxylic acids is 1. The molecule has 1 aliphatic rings. The highest BCUT2D eigenvalue weighted by atomic mass is 19.1. The molecular formula is C14H20FN3O. The Labute approximate surface area is 113 Å². The summed E-state index contributed by atoms with van der Waals surface area (Å²) in [5, 5.41) is 3.03. The van der Waals surface area contributed by atoms with Gasteiger partial charge in [0.2, 0.25) is 5.91 Å². The normalized spacial score (nSPS) is 24.8. The largest absolute Gasteiger partial charge is 0.318 e. The van der Waals surface area contributed by atoms with Crippen molar-refractivity contribution < 1.29 is 9.18 Å². The Balaban J connectivity index is 2.30. The van der Waals surface area contributed by atoms with Crippen LogP contribution >= 0.6 is 0 Å². The number of anilines is 1. The molecule has 1 amide bonds. The van der Waals surface area contributed by atoms with Gasteiger partial charge in [0.25, 0.3) is 0 Å². The Hall–Kier alpha value is -1.46. The molecule has 1 saturated heterocycles. The fourth-order valence-electron chi connectivity index (χ4n) is 2.64. The van der Waals surface area contributed by atoms with Gasteiger partial charge in [0.15, 0.2) is 0 Å². The van der Waals surface area contributed by atoms with Crippen LogP contribution in [0.4, 0.5) is 10.1 Å². The molecule has 1 aliphatic heterocycles. The number of likely N-dealkylation sites (N-methyl/N-ethyl adjacent to an activating group) is 2. The molecule has 1 aromatic carbocycles. The molecule has 1 heterocycles. The van der Waals surface area contributed by atoms with E-state index in [9.17, 15) is 9.18 Å². The average molecular weight is 265 g/mol. The van der Waals surface area contributed by atoms with Crippen LogP contribution in [0.5, 0.6) is 0 Å². The van der Waals surface area contributed by atoms with E-state index in [1.807, 2.05) is 25.9 Å². The van der Waals surface area contributed by atoms with Crippen LogP contribution in [-0.2, 0) is 4.79 Å². The molecule has 0 saturated carbocycles. The predicted octanol–water partition coefficient (Wildman–Crippen LogP) is 1.08. The minimum atomic E-state index is -0.318. The third-order valence-electron chi connectivity index (χ3n) is 3.53. The first-order valence-corrected chi connectivity index (χ1v) is 6.48. The molecule has 19 heavy (non-hydrogen) atoms. The van der Waals surface area contributed by atoms with Crippen LogP contribution in [-0.4, -0.2) is 50.1 Å². The molecule has 1 fully saturated rings. The van der Waals surface area contributed by atoms with Crippen molar-refractivity contribution in [2.45, 2.75) is 19.0 Å². The monoisotopic (exact) mass is 265 g/mol. The number of carbonyl (C=O) groups is 1. The summed E-state index contributed by atoms with van der Waals surface area (Å²) >= 11 is 0. The van der Waals surface area contributed by atoms with Crippen LogP contribution < -0.4 is 10.2 Å². The summed E-state index contributed by atoms with van der Waals surface area (Å²) in [5.41, 5.74) is 0.631. The van der Waals surface area contributed by atoms with Gasteiger partial charge in [-0.1, -0.05) is 6.07 Å². The van der Waals surface area contributed by atoms with E-state index >= 15 is 0 Å². The van der Waals surface area contributed by atoms with Crippen molar-refractivity contribution in [1.29, 1.82) is 0 Å². The maximum atomic E-state index is 13.3. The minimum absolute atomic E-state index is 0.0150. The van der Waals surface area contributed by atoms with Crippen LogP contribution in [0, 0.1) is 5.82 Å². The van der Waals surface area contributed by atoms with E-state index in [2.05, 4.69) is 5.32 Å². The van der Waals surface area contributed by atoms with E-state index in [1.165, 1.54) is 12.1 Å². The first kappa shape index (κ1) is 14.0. The second-order valence-electron chi connectivity index (χ2n) is 5.05. The summed E-state index contributed by atoms with van der Waals surface area (Å²) in [5.74, 6) is -0.303. The van der Waals surface area contributed by atoms with Gasteiger partial charge in [-0.25, -0.2) is 4.39 Å². The lowest BCUT2D eigenvalue weighted by Crippen LogP contribution is -2.62. The third kappa shape index (κ3) is 2.77. The number of amides is 1. The van der Waals surface area contributed by atoms with Gasteiger partial charge in [-0.05, 0) is 39.2 Å². The standard InChI is InChI=1S/C14H20FN3O/c1-10-9-17(3)13(8-16-2)14(19)18(10)12-6-4-5-11(15)7-12/h4-7,10,13,16H,8-9H2,1-3H3. The zero-order chi connectivity index (χ0) is 14.0. The quantitative estimate of drug-likeness (QED) is 0.888. The van der Waals surface area contributed by atoms with E-state index < -0.39 is 0 Å². The molecule has 1 N–H and O–H groups in total. The highest BCUT2D eigenvalue weighted by molar-refractivity contribution is 5.98. The van der Waals surface area contributed by atoms with Crippen molar-refractivity contribution in [2.24, 2.45) is 0 Å². The number of hydrogen-bond acceptors (Lipinski definition) is 3. The molecule has 2 atom stereocenters. The van der Waals surface area contributed by atoms with E-state index in [-0.39, 0.29) is 23.8 Å². The number of nitrogens with one attached hydrogen (secondary N) is 1. The molecule has 104 valence electrons. The zero-order valence-electron chi connectivity index (χ0n) is 11.6. The Morgan fingerprint density at radius 1 is 1.47 bits per heavy atom. The van der Waals surface area contributed by atoms with Gasteiger partial charge in [0, 0.05) is 24.8 Å². The van der Waals surface area contributed by atoms with E-state index in [0.717, 1.165) is 6.54 Å². The number of nitrogens with zero attached hydrogens (tertiary/aromatic N) is 2. The molecule has 0 aromatic heterocycles. The SMILES string of the molecule is CNCC1C(=O)N(c2cccc(F)c2)C(C)CN1C. The second kappa shape index (κ2) is 5.67. The maximum Gasteiger partial charge on any atom is 0.245 e. The number of piperazine rings is 1. The molecule has 2 unspecified atom stereocenters. The number of rotatable bonds is 3. The van der Waals surface area contributed by atoms with Gasteiger partial charge in [-0.15, -0.1) is 0 Å². The number of benzene rings is 1. The van der Waals surface area contributed by atoms with Crippen molar-refractivity contribution in [2.75, 3.05) is 32.1 Å². The van der Waals surface area contributed by atoms with Gasteiger partial charge in [0.05, 0.1) is 0 Å². The summed E-state index contributed by atoms with van der Waals surface area (Å²) in [6, 6.07) is 6.04. The summed E-state index contributed by atoms with van der Waals surface area (Å²) in [6.45, 7) is 3.34. The molecule has 0 aliphatic carbocycles. The Kier molecular flexibility index (Phi) is 4.17. The van der Waals surface area contributed by atoms with Crippen LogP contribution in [0.1, 0.15) is 6.92 Å². The highest BCUT2D eigenvalue weighted by Gasteiger charge is 2.37. The lowest BCUT2D eigenvalue weighted by Gasteiger charge is -2.43.